The van der Waals surface area contributed by atoms with Crippen molar-refractivity contribution in [1.82, 2.24) is 9.97 Å². The van der Waals surface area contributed by atoms with Gasteiger partial charge >= 0.3 is 0 Å². The van der Waals surface area contributed by atoms with Crippen molar-refractivity contribution in [3.05, 3.63) is 51.2 Å². The first kappa shape index (κ1) is 14.0. The van der Waals surface area contributed by atoms with Gasteiger partial charge in [0.15, 0.2) is 5.82 Å². The van der Waals surface area contributed by atoms with Crippen molar-refractivity contribution in [3.63, 3.8) is 0 Å². The second-order valence-electron chi connectivity index (χ2n) is 3.43. The summed E-state index contributed by atoms with van der Waals surface area (Å²) < 4.78 is 13.2. The maximum atomic E-state index is 13.2. The molecule has 0 bridgehead atoms. The van der Waals surface area contributed by atoms with Crippen molar-refractivity contribution in [3.8, 4) is 0 Å². The number of hydrogen-bond acceptors (Lipinski definition) is 3. The average Bonchev–Trinajstić information content (AvgIpc) is 2.36. The van der Waals surface area contributed by atoms with E-state index in [1.807, 2.05) is 0 Å². The standard InChI is InChI=1S/C11H5Cl3FN3O/c12-6-1-5(2-7(13)10(6)15)18-11(19)8-3-17-9(14)4-16-8/h1-4H,(H,18,19). The highest BCUT2D eigenvalue weighted by Gasteiger charge is 2.12. The minimum absolute atomic E-state index is 0.0565. The number of aromatic nitrogens is 2. The van der Waals surface area contributed by atoms with E-state index < -0.39 is 11.7 Å². The van der Waals surface area contributed by atoms with Gasteiger partial charge in [-0.3, -0.25) is 4.79 Å². The van der Waals surface area contributed by atoms with Crippen LogP contribution in [0.5, 0.6) is 0 Å². The zero-order valence-electron chi connectivity index (χ0n) is 9.12. The molecule has 2 rings (SSSR count). The summed E-state index contributed by atoms with van der Waals surface area (Å²) in [5, 5.41) is 2.26. The predicted octanol–water partition coefficient (Wildman–Crippen LogP) is 3.83. The Bertz CT molecular complexity index is 611. The van der Waals surface area contributed by atoms with E-state index in [4.69, 9.17) is 34.8 Å². The zero-order chi connectivity index (χ0) is 14.0. The number of rotatable bonds is 2. The largest absolute Gasteiger partial charge is 0.320 e. The minimum atomic E-state index is -0.743. The van der Waals surface area contributed by atoms with Crippen LogP contribution in [0.25, 0.3) is 0 Å². The van der Waals surface area contributed by atoms with Gasteiger partial charge in [0.2, 0.25) is 0 Å². The van der Waals surface area contributed by atoms with Gasteiger partial charge in [-0.1, -0.05) is 34.8 Å². The van der Waals surface area contributed by atoms with Crippen molar-refractivity contribution < 1.29 is 9.18 Å². The molecule has 0 saturated carbocycles. The van der Waals surface area contributed by atoms with E-state index in [1.165, 1.54) is 24.5 Å². The molecule has 98 valence electrons. The molecule has 8 heteroatoms. The molecule has 4 nitrogen and oxygen atoms in total. The van der Waals surface area contributed by atoms with Gasteiger partial charge in [0.05, 0.1) is 22.4 Å². The fourth-order valence-corrected chi connectivity index (χ4v) is 1.84. The molecule has 0 fully saturated rings. The van der Waals surface area contributed by atoms with Crippen molar-refractivity contribution in [2.24, 2.45) is 0 Å². The lowest BCUT2D eigenvalue weighted by atomic mass is 10.3. The number of carbonyl (C=O) groups is 1. The van der Waals surface area contributed by atoms with Crippen LogP contribution in [0.3, 0.4) is 0 Å². The summed E-state index contributed by atoms with van der Waals surface area (Å²) in [6.07, 6.45) is 2.45. The van der Waals surface area contributed by atoms with Crippen LogP contribution in [0.15, 0.2) is 24.5 Å². The lowest BCUT2D eigenvalue weighted by molar-refractivity contribution is 0.102. The molecule has 0 saturated heterocycles. The topological polar surface area (TPSA) is 54.9 Å². The normalized spacial score (nSPS) is 10.3. The summed E-state index contributed by atoms with van der Waals surface area (Å²) in [6.45, 7) is 0. The summed E-state index contributed by atoms with van der Waals surface area (Å²) in [7, 11) is 0. The van der Waals surface area contributed by atoms with Gasteiger partial charge in [-0.25, -0.2) is 14.4 Å². The Morgan fingerprint density at radius 1 is 1.11 bits per heavy atom. The van der Waals surface area contributed by atoms with E-state index >= 15 is 0 Å². The van der Waals surface area contributed by atoms with Crippen LogP contribution in [-0.4, -0.2) is 15.9 Å². The molecular weight excluding hydrogens is 315 g/mol. The van der Waals surface area contributed by atoms with Crippen molar-refractivity contribution >= 4 is 46.4 Å². The van der Waals surface area contributed by atoms with Gasteiger partial charge in [0.25, 0.3) is 5.91 Å². The fourth-order valence-electron chi connectivity index (χ4n) is 1.25. The van der Waals surface area contributed by atoms with Crippen LogP contribution >= 0.6 is 34.8 Å². The summed E-state index contributed by atoms with van der Waals surface area (Å²) in [6, 6.07) is 2.48. The highest BCUT2D eigenvalue weighted by Crippen LogP contribution is 2.27. The van der Waals surface area contributed by atoms with Gasteiger partial charge < -0.3 is 5.32 Å². The molecule has 2 aromatic rings. The second kappa shape index (κ2) is 5.69. The quantitative estimate of drug-likeness (QED) is 0.856. The molecule has 1 heterocycles. The number of hydrogen-bond donors (Lipinski definition) is 1. The van der Waals surface area contributed by atoms with Crippen molar-refractivity contribution in [2.45, 2.75) is 0 Å². The van der Waals surface area contributed by atoms with E-state index in [0.29, 0.717) is 0 Å². The highest BCUT2D eigenvalue weighted by molar-refractivity contribution is 6.35. The molecule has 1 N–H and O–H groups in total. The van der Waals surface area contributed by atoms with Crippen LogP contribution in [0.1, 0.15) is 10.5 Å². The molecule has 1 aromatic carbocycles. The number of carbonyl (C=O) groups excluding carboxylic acids is 1. The number of nitrogens with one attached hydrogen (secondary N) is 1. The van der Waals surface area contributed by atoms with E-state index in [-0.39, 0.29) is 26.6 Å². The van der Waals surface area contributed by atoms with Gasteiger partial charge in [-0.15, -0.1) is 0 Å². The Morgan fingerprint density at radius 2 is 1.74 bits per heavy atom. The Labute approximate surface area is 122 Å². The molecule has 0 spiro atoms. The maximum absolute atomic E-state index is 13.2. The first-order valence-corrected chi connectivity index (χ1v) is 6.04. The van der Waals surface area contributed by atoms with Crippen LogP contribution < -0.4 is 5.32 Å². The van der Waals surface area contributed by atoms with E-state index in [9.17, 15) is 9.18 Å². The fraction of sp³-hybridized carbons (Fsp3) is 0. The number of halogens is 4. The van der Waals surface area contributed by atoms with Crippen LogP contribution in [0.4, 0.5) is 10.1 Å². The highest BCUT2D eigenvalue weighted by atomic mass is 35.5. The average molecular weight is 321 g/mol. The van der Waals surface area contributed by atoms with Crippen LogP contribution in [-0.2, 0) is 0 Å². The molecule has 1 amide bonds. The van der Waals surface area contributed by atoms with Crippen molar-refractivity contribution in [1.29, 1.82) is 0 Å². The molecule has 19 heavy (non-hydrogen) atoms. The molecule has 0 aliphatic rings. The van der Waals surface area contributed by atoms with Gasteiger partial charge in [-0.05, 0) is 12.1 Å². The number of benzene rings is 1. The Balaban J connectivity index is 2.22. The predicted molar refractivity (Wildman–Crippen MR) is 71.4 cm³/mol. The monoisotopic (exact) mass is 319 g/mol. The lowest BCUT2D eigenvalue weighted by Crippen LogP contribution is -2.14. The first-order valence-electron chi connectivity index (χ1n) is 4.91. The maximum Gasteiger partial charge on any atom is 0.275 e. The molecule has 0 unspecified atom stereocenters. The minimum Gasteiger partial charge on any atom is -0.320 e. The van der Waals surface area contributed by atoms with Gasteiger partial charge in [0, 0.05) is 5.69 Å². The second-order valence-corrected chi connectivity index (χ2v) is 4.63. The van der Waals surface area contributed by atoms with Gasteiger partial charge in [0.1, 0.15) is 10.8 Å². The molecule has 1 aromatic heterocycles. The summed E-state index contributed by atoms with van der Waals surface area (Å²) in [5.41, 5.74) is 0.305. The summed E-state index contributed by atoms with van der Waals surface area (Å²) >= 11 is 16.8. The molecule has 0 atom stereocenters. The molecule has 0 aliphatic heterocycles. The molecular formula is C11H5Cl3FN3O. The Morgan fingerprint density at radius 3 is 2.26 bits per heavy atom. The number of nitrogens with zero attached hydrogens (tertiary/aromatic N) is 2. The lowest BCUT2D eigenvalue weighted by Gasteiger charge is -2.06. The first-order chi connectivity index (χ1) is 8.97. The number of amides is 1. The summed E-state index contributed by atoms with van der Waals surface area (Å²) in [5.74, 6) is -1.28. The zero-order valence-corrected chi connectivity index (χ0v) is 11.4. The van der Waals surface area contributed by atoms with Crippen LogP contribution in [0, 0.1) is 5.82 Å². The van der Waals surface area contributed by atoms with E-state index in [0.717, 1.165) is 0 Å². The number of anilines is 1. The third-order valence-corrected chi connectivity index (χ3v) is 2.84. The van der Waals surface area contributed by atoms with Crippen LogP contribution in [0.2, 0.25) is 15.2 Å². The summed E-state index contributed by atoms with van der Waals surface area (Å²) in [4.78, 5) is 19.3. The molecule has 0 radical (unpaired) electrons. The van der Waals surface area contributed by atoms with Crippen molar-refractivity contribution in [2.75, 3.05) is 5.32 Å². The smallest absolute Gasteiger partial charge is 0.275 e. The third kappa shape index (κ3) is 3.32. The Kier molecular flexibility index (Phi) is 4.19. The van der Waals surface area contributed by atoms with E-state index in [2.05, 4.69) is 15.3 Å². The molecule has 0 aliphatic carbocycles. The SMILES string of the molecule is O=C(Nc1cc(Cl)c(F)c(Cl)c1)c1cnc(Cl)cn1. The Hall–Kier alpha value is -1.43. The van der Waals surface area contributed by atoms with Gasteiger partial charge in [-0.2, -0.15) is 0 Å². The van der Waals surface area contributed by atoms with E-state index in [1.54, 1.807) is 0 Å². The third-order valence-electron chi connectivity index (χ3n) is 2.09.